The highest BCUT2D eigenvalue weighted by Gasteiger charge is 2.39. The van der Waals surface area contributed by atoms with Crippen LogP contribution in [0.5, 0.6) is 0 Å². The maximum absolute atomic E-state index is 14.0. The first kappa shape index (κ1) is 18.7. The summed E-state index contributed by atoms with van der Waals surface area (Å²) in [6.45, 7) is 0. The molecule has 0 saturated carbocycles. The number of pyridine rings is 1. The van der Waals surface area contributed by atoms with Gasteiger partial charge in [-0.2, -0.15) is 13.2 Å². The lowest BCUT2D eigenvalue weighted by atomic mass is 9.87. The highest BCUT2D eigenvalue weighted by Crippen LogP contribution is 2.40. The summed E-state index contributed by atoms with van der Waals surface area (Å²) in [5, 5.41) is 0. The van der Waals surface area contributed by atoms with Crippen LogP contribution in [-0.2, 0) is 11.0 Å². The van der Waals surface area contributed by atoms with Gasteiger partial charge in [-0.3, -0.25) is 19.5 Å². The van der Waals surface area contributed by atoms with E-state index in [0.717, 1.165) is 30.5 Å². The van der Waals surface area contributed by atoms with E-state index in [1.165, 1.54) is 0 Å². The molecule has 0 N–H and O–H groups in total. The van der Waals surface area contributed by atoms with Gasteiger partial charge in [0.05, 0.1) is 5.56 Å². The maximum atomic E-state index is 14.0. The van der Waals surface area contributed by atoms with Gasteiger partial charge in [-0.15, -0.1) is 0 Å². The monoisotopic (exact) mass is 382 g/mol. The Morgan fingerprint density at radius 1 is 1.15 bits per heavy atom. The van der Waals surface area contributed by atoms with Gasteiger partial charge >= 0.3 is 6.18 Å². The number of carbonyl (C=O) groups is 2. The molecule has 0 aliphatic heterocycles. The number of hydrogen-bond donors (Lipinski definition) is 0. The zero-order valence-electron chi connectivity index (χ0n) is 13.6. The highest BCUT2D eigenvalue weighted by molar-refractivity contribution is 6.03. The van der Waals surface area contributed by atoms with Gasteiger partial charge < -0.3 is 0 Å². The molecule has 0 radical (unpaired) electrons. The number of carbonyl (C=O) groups excluding carboxylic acids is 2. The fourth-order valence-electron chi connectivity index (χ4n) is 2.82. The average molecular weight is 382 g/mol. The molecule has 0 fully saturated rings. The predicted molar refractivity (Wildman–Crippen MR) is 84.0 cm³/mol. The van der Waals surface area contributed by atoms with Gasteiger partial charge in [0, 0.05) is 23.5 Å². The first-order chi connectivity index (χ1) is 12.7. The summed E-state index contributed by atoms with van der Waals surface area (Å²) < 4.78 is 66.3. The van der Waals surface area contributed by atoms with Crippen LogP contribution in [0.4, 0.5) is 22.0 Å². The molecule has 3 rings (SSSR count). The lowest BCUT2D eigenvalue weighted by Crippen LogP contribution is -2.34. The van der Waals surface area contributed by atoms with Crippen LogP contribution in [0.1, 0.15) is 34.5 Å². The number of halogens is 5. The molecule has 9 heteroatoms. The third-order valence-electron chi connectivity index (χ3n) is 4.14. The van der Waals surface area contributed by atoms with Crippen LogP contribution < -0.4 is 0 Å². The van der Waals surface area contributed by atoms with Gasteiger partial charge in [0.15, 0.2) is 5.69 Å². The first-order valence-corrected chi connectivity index (χ1v) is 7.72. The Balaban J connectivity index is 2.04. The van der Waals surface area contributed by atoms with E-state index in [4.69, 9.17) is 0 Å². The fourth-order valence-corrected chi connectivity index (χ4v) is 2.82. The molecular weight excluding hydrogens is 371 g/mol. The SMILES string of the molecule is O=CN(C(=O)c1cccnc1C(F)(F)F)C1=C(c2ccc(F)cc2F)CC1. The molecule has 0 spiro atoms. The van der Waals surface area contributed by atoms with Crippen molar-refractivity contribution in [1.82, 2.24) is 9.88 Å². The number of alkyl halides is 3. The van der Waals surface area contributed by atoms with Crippen LogP contribution in [0, 0.1) is 11.6 Å². The summed E-state index contributed by atoms with van der Waals surface area (Å²) in [5.41, 5.74) is -1.91. The molecular formula is C18H11F5N2O2. The minimum atomic E-state index is -4.89. The number of nitrogens with zero attached hydrogens (tertiary/aromatic N) is 2. The number of aromatic nitrogens is 1. The quantitative estimate of drug-likeness (QED) is 0.589. The number of hydrogen-bond acceptors (Lipinski definition) is 3. The van der Waals surface area contributed by atoms with E-state index in [1.54, 1.807) is 0 Å². The molecule has 4 nitrogen and oxygen atoms in total. The van der Waals surface area contributed by atoms with Gasteiger partial charge in [0.2, 0.25) is 6.41 Å². The van der Waals surface area contributed by atoms with Gasteiger partial charge in [-0.05, 0) is 42.7 Å². The third-order valence-corrected chi connectivity index (χ3v) is 4.14. The molecule has 1 heterocycles. The molecule has 1 aromatic carbocycles. The number of amides is 2. The normalized spacial score (nSPS) is 14.0. The average Bonchev–Trinajstić information content (AvgIpc) is 2.59. The lowest BCUT2D eigenvalue weighted by molar-refractivity contribution is -0.141. The molecule has 1 aromatic heterocycles. The van der Waals surface area contributed by atoms with Crippen molar-refractivity contribution in [2.75, 3.05) is 0 Å². The largest absolute Gasteiger partial charge is 0.434 e. The predicted octanol–water partition coefficient (Wildman–Crippen LogP) is 4.18. The summed E-state index contributed by atoms with van der Waals surface area (Å²) >= 11 is 0. The van der Waals surface area contributed by atoms with E-state index in [9.17, 15) is 31.5 Å². The minimum absolute atomic E-state index is 0.0143. The Morgan fingerprint density at radius 2 is 1.89 bits per heavy atom. The van der Waals surface area contributed by atoms with Gasteiger partial charge in [0.25, 0.3) is 5.91 Å². The topological polar surface area (TPSA) is 50.3 Å². The molecule has 0 atom stereocenters. The van der Waals surface area contributed by atoms with Crippen molar-refractivity contribution < 1.29 is 31.5 Å². The van der Waals surface area contributed by atoms with Crippen molar-refractivity contribution in [3.63, 3.8) is 0 Å². The molecule has 1 aliphatic rings. The first-order valence-electron chi connectivity index (χ1n) is 7.72. The fraction of sp³-hybridized carbons (Fsp3) is 0.167. The Hall–Kier alpha value is -3.10. The van der Waals surface area contributed by atoms with Crippen molar-refractivity contribution in [1.29, 1.82) is 0 Å². The molecule has 1 aliphatic carbocycles. The Kier molecular flexibility index (Phi) is 4.77. The molecule has 0 unspecified atom stereocenters. The Labute approximate surface area is 149 Å². The minimum Gasteiger partial charge on any atom is -0.278 e. The zero-order valence-corrected chi connectivity index (χ0v) is 13.6. The van der Waals surface area contributed by atoms with E-state index in [0.29, 0.717) is 11.0 Å². The summed E-state index contributed by atoms with van der Waals surface area (Å²) in [4.78, 5) is 27.7. The van der Waals surface area contributed by atoms with Gasteiger partial charge in [-0.1, -0.05) is 0 Å². The van der Waals surface area contributed by atoms with E-state index in [-0.39, 0.29) is 36.1 Å². The van der Waals surface area contributed by atoms with Crippen molar-refractivity contribution in [2.24, 2.45) is 0 Å². The van der Waals surface area contributed by atoms with Crippen LogP contribution in [0.15, 0.2) is 42.2 Å². The second-order valence-electron chi connectivity index (χ2n) is 5.73. The summed E-state index contributed by atoms with van der Waals surface area (Å²) in [6, 6.07) is 4.86. The summed E-state index contributed by atoms with van der Waals surface area (Å²) in [5.74, 6) is -2.91. The van der Waals surface area contributed by atoms with Crippen molar-refractivity contribution >= 4 is 17.9 Å². The van der Waals surface area contributed by atoms with Crippen molar-refractivity contribution in [3.05, 3.63) is 70.7 Å². The van der Waals surface area contributed by atoms with Crippen LogP contribution in [-0.4, -0.2) is 22.2 Å². The zero-order chi connectivity index (χ0) is 19.8. The number of rotatable bonds is 4. The van der Waals surface area contributed by atoms with Gasteiger partial charge in [0.1, 0.15) is 11.6 Å². The molecule has 2 aromatic rings. The molecule has 140 valence electrons. The maximum Gasteiger partial charge on any atom is 0.434 e. The van der Waals surface area contributed by atoms with E-state index in [2.05, 4.69) is 4.98 Å². The van der Waals surface area contributed by atoms with Gasteiger partial charge in [-0.25, -0.2) is 8.78 Å². The molecule has 2 amide bonds. The molecule has 0 bridgehead atoms. The van der Waals surface area contributed by atoms with Crippen LogP contribution in [0.2, 0.25) is 0 Å². The van der Waals surface area contributed by atoms with Crippen LogP contribution in [0.3, 0.4) is 0 Å². The van der Waals surface area contributed by atoms with E-state index < -0.39 is 35.0 Å². The summed E-state index contributed by atoms with van der Waals surface area (Å²) in [7, 11) is 0. The number of allylic oxidation sites excluding steroid dienone is 2. The molecule has 27 heavy (non-hydrogen) atoms. The lowest BCUT2D eigenvalue weighted by Gasteiger charge is -2.30. The van der Waals surface area contributed by atoms with Crippen molar-refractivity contribution in [3.8, 4) is 0 Å². The second-order valence-corrected chi connectivity index (χ2v) is 5.73. The summed E-state index contributed by atoms with van der Waals surface area (Å²) in [6.07, 6.45) is -3.47. The van der Waals surface area contributed by atoms with E-state index >= 15 is 0 Å². The number of benzene rings is 1. The Bertz CT molecular complexity index is 953. The van der Waals surface area contributed by atoms with E-state index in [1.807, 2.05) is 0 Å². The standard InChI is InChI=1S/C18H11F5N2O2/c19-10-3-4-11(14(20)8-10)12-5-6-15(12)25(9-26)17(27)13-2-1-7-24-16(13)18(21,22)23/h1-4,7-9H,5-6H2. The second kappa shape index (κ2) is 6.90. The van der Waals surface area contributed by atoms with Crippen LogP contribution >= 0.6 is 0 Å². The Morgan fingerprint density at radius 3 is 2.44 bits per heavy atom. The number of imide groups is 1. The van der Waals surface area contributed by atoms with Crippen LogP contribution in [0.25, 0.3) is 5.57 Å². The third kappa shape index (κ3) is 3.44. The molecule has 0 saturated heterocycles. The smallest absolute Gasteiger partial charge is 0.278 e. The van der Waals surface area contributed by atoms with Crippen molar-refractivity contribution in [2.45, 2.75) is 19.0 Å². The highest BCUT2D eigenvalue weighted by atomic mass is 19.4.